The largest absolute Gasteiger partial charge is 0.478 e. The fourth-order valence-electron chi connectivity index (χ4n) is 1.36. The highest BCUT2D eigenvalue weighted by Crippen LogP contribution is 2.11. The zero-order chi connectivity index (χ0) is 13.8. The smallest absolute Gasteiger partial charge is 0.335 e. The lowest BCUT2D eigenvalue weighted by Crippen LogP contribution is -2.33. The number of carboxylic acid groups (broad SMARTS) is 1. The molecule has 0 amide bonds. The molecule has 0 aromatic heterocycles. The molecule has 7 heteroatoms. The Morgan fingerprint density at radius 3 is 2.33 bits per heavy atom. The summed E-state index contributed by atoms with van der Waals surface area (Å²) in [4.78, 5) is 10.6. The second-order valence-corrected chi connectivity index (χ2v) is 5.58. The molecular formula is C11H15NO5S. The standard InChI is InChI=1S/C11H15NO5S/c1-8(6-7-13)12-18(16,17)10-4-2-9(3-5-10)11(14)15/h2-5,8,12-13H,6-7H2,1H3,(H,14,15). The van der Waals surface area contributed by atoms with Crippen molar-refractivity contribution in [2.24, 2.45) is 0 Å². The maximum atomic E-state index is 11.9. The molecule has 0 bridgehead atoms. The molecule has 6 nitrogen and oxygen atoms in total. The Labute approximate surface area is 105 Å². The summed E-state index contributed by atoms with van der Waals surface area (Å²) in [6, 6.07) is 4.54. The first-order valence-electron chi connectivity index (χ1n) is 5.33. The van der Waals surface area contributed by atoms with Gasteiger partial charge in [-0.2, -0.15) is 0 Å². The van der Waals surface area contributed by atoms with Gasteiger partial charge in [0, 0.05) is 12.6 Å². The van der Waals surface area contributed by atoms with E-state index in [1.165, 1.54) is 24.3 Å². The van der Waals surface area contributed by atoms with Crippen LogP contribution in [0.15, 0.2) is 29.2 Å². The van der Waals surface area contributed by atoms with E-state index in [-0.39, 0.29) is 23.1 Å². The van der Waals surface area contributed by atoms with Gasteiger partial charge in [0.25, 0.3) is 0 Å². The average molecular weight is 273 g/mol. The van der Waals surface area contributed by atoms with Crippen LogP contribution in [0.5, 0.6) is 0 Å². The van der Waals surface area contributed by atoms with E-state index in [9.17, 15) is 13.2 Å². The van der Waals surface area contributed by atoms with E-state index in [0.717, 1.165) is 0 Å². The van der Waals surface area contributed by atoms with Crippen molar-refractivity contribution in [3.05, 3.63) is 29.8 Å². The van der Waals surface area contributed by atoms with Crippen LogP contribution >= 0.6 is 0 Å². The minimum Gasteiger partial charge on any atom is -0.478 e. The highest BCUT2D eigenvalue weighted by Gasteiger charge is 2.17. The molecule has 1 aromatic carbocycles. The van der Waals surface area contributed by atoms with E-state index in [1.807, 2.05) is 0 Å². The van der Waals surface area contributed by atoms with Crippen LogP contribution in [-0.4, -0.2) is 37.2 Å². The fraction of sp³-hybridized carbons (Fsp3) is 0.364. The first kappa shape index (κ1) is 14.6. The molecule has 0 saturated carbocycles. The SMILES string of the molecule is CC(CCO)NS(=O)(=O)c1ccc(C(=O)O)cc1. The number of hydrogen-bond acceptors (Lipinski definition) is 4. The molecule has 0 radical (unpaired) electrons. The third-order valence-electron chi connectivity index (χ3n) is 2.33. The second-order valence-electron chi connectivity index (χ2n) is 3.86. The van der Waals surface area contributed by atoms with Crippen molar-refractivity contribution in [3.63, 3.8) is 0 Å². The molecule has 0 aliphatic carbocycles. The zero-order valence-electron chi connectivity index (χ0n) is 9.83. The van der Waals surface area contributed by atoms with Gasteiger partial charge < -0.3 is 10.2 Å². The lowest BCUT2D eigenvalue weighted by molar-refractivity contribution is 0.0696. The maximum Gasteiger partial charge on any atom is 0.335 e. The first-order chi connectivity index (χ1) is 8.36. The summed E-state index contributed by atoms with van der Waals surface area (Å²) >= 11 is 0. The molecule has 0 saturated heterocycles. The maximum absolute atomic E-state index is 11.9. The van der Waals surface area contributed by atoms with Crippen molar-refractivity contribution < 1.29 is 23.4 Å². The van der Waals surface area contributed by atoms with Gasteiger partial charge in [0.05, 0.1) is 10.5 Å². The van der Waals surface area contributed by atoms with Gasteiger partial charge >= 0.3 is 5.97 Å². The van der Waals surface area contributed by atoms with Gasteiger partial charge in [0.2, 0.25) is 10.0 Å². The summed E-state index contributed by atoms with van der Waals surface area (Å²) < 4.78 is 26.1. The van der Waals surface area contributed by atoms with Crippen molar-refractivity contribution >= 4 is 16.0 Å². The van der Waals surface area contributed by atoms with Crippen LogP contribution < -0.4 is 4.72 Å². The normalized spacial score (nSPS) is 13.2. The van der Waals surface area contributed by atoms with E-state index in [0.29, 0.717) is 6.42 Å². The van der Waals surface area contributed by atoms with Crippen LogP contribution in [0, 0.1) is 0 Å². The van der Waals surface area contributed by atoms with E-state index >= 15 is 0 Å². The number of aromatic carboxylic acids is 1. The van der Waals surface area contributed by atoms with E-state index in [2.05, 4.69) is 4.72 Å². The lowest BCUT2D eigenvalue weighted by Gasteiger charge is -2.12. The predicted molar refractivity (Wildman–Crippen MR) is 64.9 cm³/mol. The van der Waals surface area contributed by atoms with Gasteiger partial charge in [-0.1, -0.05) is 0 Å². The third kappa shape index (κ3) is 3.80. The van der Waals surface area contributed by atoms with Gasteiger partial charge in [-0.05, 0) is 37.6 Å². The number of carbonyl (C=O) groups is 1. The molecule has 0 heterocycles. The average Bonchev–Trinajstić information content (AvgIpc) is 2.28. The van der Waals surface area contributed by atoms with Gasteiger partial charge in [-0.15, -0.1) is 0 Å². The molecule has 1 unspecified atom stereocenters. The number of aliphatic hydroxyl groups is 1. The Bertz CT molecular complexity index is 509. The van der Waals surface area contributed by atoms with Crippen LogP contribution in [0.25, 0.3) is 0 Å². The number of sulfonamides is 1. The van der Waals surface area contributed by atoms with Crippen molar-refractivity contribution in [1.29, 1.82) is 0 Å². The Morgan fingerprint density at radius 1 is 1.33 bits per heavy atom. The van der Waals surface area contributed by atoms with E-state index in [4.69, 9.17) is 10.2 Å². The van der Waals surface area contributed by atoms with Crippen molar-refractivity contribution in [1.82, 2.24) is 4.72 Å². The molecule has 0 aliphatic rings. The monoisotopic (exact) mass is 273 g/mol. The molecule has 18 heavy (non-hydrogen) atoms. The summed E-state index contributed by atoms with van der Waals surface area (Å²) in [6.45, 7) is 1.53. The minimum atomic E-state index is -3.68. The number of carboxylic acids is 1. The Kier molecular flexibility index (Phi) is 4.83. The van der Waals surface area contributed by atoms with E-state index < -0.39 is 16.0 Å². The molecule has 1 aromatic rings. The van der Waals surface area contributed by atoms with Gasteiger partial charge in [-0.3, -0.25) is 0 Å². The van der Waals surface area contributed by atoms with Crippen LogP contribution in [-0.2, 0) is 10.0 Å². The number of hydrogen-bond donors (Lipinski definition) is 3. The van der Waals surface area contributed by atoms with Crippen LogP contribution in [0.3, 0.4) is 0 Å². The van der Waals surface area contributed by atoms with Crippen molar-refractivity contribution in [2.75, 3.05) is 6.61 Å². The number of rotatable bonds is 6. The van der Waals surface area contributed by atoms with Gasteiger partial charge in [0.15, 0.2) is 0 Å². The predicted octanol–water partition coefficient (Wildman–Crippen LogP) is 0.434. The molecular weight excluding hydrogens is 258 g/mol. The Balaban J connectivity index is 2.88. The Morgan fingerprint density at radius 2 is 1.89 bits per heavy atom. The summed E-state index contributed by atoms with van der Waals surface area (Å²) in [5.74, 6) is -1.11. The highest BCUT2D eigenvalue weighted by atomic mass is 32.2. The topological polar surface area (TPSA) is 104 Å². The molecule has 100 valence electrons. The minimum absolute atomic E-state index is 0.00251. The van der Waals surface area contributed by atoms with Crippen molar-refractivity contribution in [3.8, 4) is 0 Å². The fourth-order valence-corrected chi connectivity index (χ4v) is 2.64. The zero-order valence-corrected chi connectivity index (χ0v) is 10.6. The molecule has 0 fully saturated rings. The number of nitrogens with one attached hydrogen (secondary N) is 1. The van der Waals surface area contributed by atoms with Crippen LogP contribution in [0.4, 0.5) is 0 Å². The molecule has 1 rings (SSSR count). The summed E-state index contributed by atoms with van der Waals surface area (Å²) in [7, 11) is -3.68. The van der Waals surface area contributed by atoms with Gasteiger partial charge in [-0.25, -0.2) is 17.9 Å². The Hall–Kier alpha value is -1.44. The lowest BCUT2D eigenvalue weighted by atomic mass is 10.2. The summed E-state index contributed by atoms with van der Waals surface area (Å²) in [5, 5.41) is 17.4. The quantitative estimate of drug-likeness (QED) is 0.697. The number of aliphatic hydroxyl groups excluding tert-OH is 1. The molecule has 1 atom stereocenters. The second kappa shape index (κ2) is 5.94. The first-order valence-corrected chi connectivity index (χ1v) is 6.81. The summed E-state index contributed by atoms with van der Waals surface area (Å²) in [5.41, 5.74) is 0.0253. The number of benzene rings is 1. The molecule has 0 spiro atoms. The highest BCUT2D eigenvalue weighted by molar-refractivity contribution is 7.89. The molecule has 3 N–H and O–H groups in total. The van der Waals surface area contributed by atoms with Crippen LogP contribution in [0.1, 0.15) is 23.7 Å². The van der Waals surface area contributed by atoms with Crippen molar-refractivity contribution in [2.45, 2.75) is 24.3 Å². The third-order valence-corrected chi connectivity index (χ3v) is 3.94. The summed E-state index contributed by atoms with van der Waals surface area (Å²) in [6.07, 6.45) is 0.312. The van der Waals surface area contributed by atoms with E-state index in [1.54, 1.807) is 6.92 Å². The van der Waals surface area contributed by atoms with Crippen LogP contribution in [0.2, 0.25) is 0 Å². The molecule has 0 aliphatic heterocycles. The van der Waals surface area contributed by atoms with Gasteiger partial charge in [0.1, 0.15) is 0 Å².